The standard InChI is InChI=1S/C9H19FN2S/c1-8(2)12(6-3-5-10)7-4-9(11)13/h8H,3-7H2,1-2H3,(H2,11,13). The van der Waals surface area contributed by atoms with Gasteiger partial charge in [0.15, 0.2) is 0 Å². The number of hydrogen-bond donors (Lipinski definition) is 1. The van der Waals surface area contributed by atoms with Crippen LogP contribution in [0, 0.1) is 0 Å². The second-order valence-electron chi connectivity index (χ2n) is 3.39. The summed E-state index contributed by atoms with van der Waals surface area (Å²) in [7, 11) is 0. The second-order valence-corrected chi connectivity index (χ2v) is 3.91. The van der Waals surface area contributed by atoms with Crippen LogP contribution in [-0.2, 0) is 0 Å². The van der Waals surface area contributed by atoms with Gasteiger partial charge in [0.1, 0.15) is 0 Å². The molecule has 0 saturated carbocycles. The second kappa shape index (κ2) is 7.21. The molecule has 0 bridgehead atoms. The van der Waals surface area contributed by atoms with Gasteiger partial charge in [-0.15, -0.1) is 0 Å². The topological polar surface area (TPSA) is 29.3 Å². The Morgan fingerprint density at radius 3 is 2.46 bits per heavy atom. The van der Waals surface area contributed by atoms with Gasteiger partial charge < -0.3 is 10.6 Å². The quantitative estimate of drug-likeness (QED) is 0.643. The van der Waals surface area contributed by atoms with Gasteiger partial charge in [-0.05, 0) is 20.3 Å². The molecule has 2 nitrogen and oxygen atoms in total. The molecule has 0 heterocycles. The molecule has 0 aliphatic heterocycles. The Kier molecular flexibility index (Phi) is 7.09. The highest BCUT2D eigenvalue weighted by Crippen LogP contribution is 2.01. The number of nitrogens with two attached hydrogens (primary N) is 1. The Labute approximate surface area is 85.3 Å². The van der Waals surface area contributed by atoms with Crippen LogP contribution in [0.1, 0.15) is 26.7 Å². The van der Waals surface area contributed by atoms with E-state index in [-0.39, 0.29) is 6.67 Å². The molecule has 0 saturated heterocycles. The molecule has 0 radical (unpaired) electrons. The molecule has 0 amide bonds. The third-order valence-corrected chi connectivity index (χ3v) is 2.16. The summed E-state index contributed by atoms with van der Waals surface area (Å²) in [6, 6.07) is 0.431. The van der Waals surface area contributed by atoms with Crippen molar-refractivity contribution in [3.8, 4) is 0 Å². The van der Waals surface area contributed by atoms with E-state index in [0.717, 1.165) is 19.5 Å². The van der Waals surface area contributed by atoms with Crippen LogP contribution >= 0.6 is 12.2 Å². The van der Waals surface area contributed by atoms with Gasteiger partial charge in [-0.1, -0.05) is 12.2 Å². The van der Waals surface area contributed by atoms with E-state index in [1.54, 1.807) is 0 Å². The molecule has 0 spiro atoms. The van der Waals surface area contributed by atoms with Crippen molar-refractivity contribution in [2.75, 3.05) is 19.8 Å². The number of nitrogens with zero attached hydrogens (tertiary/aromatic N) is 1. The monoisotopic (exact) mass is 206 g/mol. The maximum atomic E-state index is 11.9. The molecule has 0 aromatic heterocycles. The van der Waals surface area contributed by atoms with Gasteiger partial charge in [-0.2, -0.15) is 0 Å². The molecular weight excluding hydrogens is 187 g/mol. The van der Waals surface area contributed by atoms with Crippen molar-refractivity contribution in [3.63, 3.8) is 0 Å². The first kappa shape index (κ1) is 12.8. The Morgan fingerprint density at radius 2 is 2.08 bits per heavy atom. The summed E-state index contributed by atoms with van der Waals surface area (Å²) < 4.78 is 11.9. The molecule has 13 heavy (non-hydrogen) atoms. The average molecular weight is 206 g/mol. The fourth-order valence-corrected chi connectivity index (χ4v) is 1.24. The van der Waals surface area contributed by atoms with Crippen molar-refractivity contribution in [2.45, 2.75) is 32.7 Å². The van der Waals surface area contributed by atoms with Gasteiger partial charge in [0, 0.05) is 25.6 Å². The third-order valence-electron chi connectivity index (χ3n) is 1.95. The minimum absolute atomic E-state index is 0.254. The van der Waals surface area contributed by atoms with Gasteiger partial charge in [-0.25, -0.2) is 0 Å². The van der Waals surface area contributed by atoms with E-state index < -0.39 is 0 Å². The predicted molar refractivity (Wildman–Crippen MR) is 58.7 cm³/mol. The summed E-state index contributed by atoms with van der Waals surface area (Å²) in [5.41, 5.74) is 5.40. The van der Waals surface area contributed by atoms with Gasteiger partial charge in [-0.3, -0.25) is 4.39 Å². The molecule has 0 fully saturated rings. The summed E-state index contributed by atoms with van der Waals surface area (Å²) in [4.78, 5) is 2.73. The summed E-state index contributed by atoms with van der Waals surface area (Å²) in [5, 5.41) is 0. The smallest absolute Gasteiger partial charge is 0.0906 e. The molecule has 78 valence electrons. The summed E-state index contributed by atoms with van der Waals surface area (Å²) in [6.45, 7) is 5.57. The van der Waals surface area contributed by atoms with Gasteiger partial charge in [0.25, 0.3) is 0 Å². The van der Waals surface area contributed by atoms with Gasteiger partial charge >= 0.3 is 0 Å². The zero-order chi connectivity index (χ0) is 10.3. The zero-order valence-corrected chi connectivity index (χ0v) is 9.24. The molecule has 0 aromatic rings. The molecular formula is C9H19FN2S. The summed E-state index contributed by atoms with van der Waals surface area (Å²) in [5.74, 6) is 0. The van der Waals surface area contributed by atoms with Gasteiger partial charge in [0.2, 0.25) is 0 Å². The predicted octanol–water partition coefficient (Wildman–Crippen LogP) is 1.73. The fourth-order valence-electron chi connectivity index (χ4n) is 1.14. The van der Waals surface area contributed by atoms with Crippen LogP contribution in [0.2, 0.25) is 0 Å². The Morgan fingerprint density at radius 1 is 1.46 bits per heavy atom. The Hall–Kier alpha value is -0.220. The lowest BCUT2D eigenvalue weighted by molar-refractivity contribution is 0.217. The Balaban J connectivity index is 3.73. The largest absolute Gasteiger partial charge is 0.393 e. The molecule has 2 N–H and O–H groups in total. The molecule has 0 unspecified atom stereocenters. The lowest BCUT2D eigenvalue weighted by Crippen LogP contribution is -2.34. The highest BCUT2D eigenvalue weighted by atomic mass is 32.1. The van der Waals surface area contributed by atoms with Crippen molar-refractivity contribution < 1.29 is 4.39 Å². The van der Waals surface area contributed by atoms with Crippen molar-refractivity contribution in [3.05, 3.63) is 0 Å². The highest BCUT2D eigenvalue weighted by Gasteiger charge is 2.08. The molecule has 0 atom stereocenters. The van der Waals surface area contributed by atoms with Crippen LogP contribution in [0.3, 0.4) is 0 Å². The molecule has 0 rings (SSSR count). The summed E-state index contributed by atoms with van der Waals surface area (Å²) >= 11 is 4.79. The maximum absolute atomic E-state index is 11.9. The Bertz CT molecular complexity index is 151. The van der Waals surface area contributed by atoms with E-state index in [1.807, 2.05) is 0 Å². The first-order valence-corrected chi connectivity index (χ1v) is 5.07. The van der Waals surface area contributed by atoms with E-state index in [9.17, 15) is 4.39 Å². The van der Waals surface area contributed by atoms with Crippen molar-refractivity contribution in [1.29, 1.82) is 0 Å². The maximum Gasteiger partial charge on any atom is 0.0906 e. The molecule has 0 aromatic carbocycles. The number of alkyl halides is 1. The summed E-state index contributed by atoms with van der Waals surface area (Å²) in [6.07, 6.45) is 1.31. The van der Waals surface area contributed by atoms with E-state index >= 15 is 0 Å². The molecule has 4 heteroatoms. The highest BCUT2D eigenvalue weighted by molar-refractivity contribution is 7.80. The normalized spacial score (nSPS) is 11.2. The average Bonchev–Trinajstić information content (AvgIpc) is 2.03. The first-order valence-electron chi connectivity index (χ1n) is 4.66. The zero-order valence-electron chi connectivity index (χ0n) is 8.42. The van der Waals surface area contributed by atoms with Crippen LogP contribution < -0.4 is 5.73 Å². The van der Waals surface area contributed by atoms with E-state index in [4.69, 9.17) is 18.0 Å². The van der Waals surface area contributed by atoms with Crippen LogP contribution in [0.15, 0.2) is 0 Å². The number of thiocarbonyl (C=S) groups is 1. The third kappa shape index (κ3) is 6.90. The van der Waals surface area contributed by atoms with Crippen molar-refractivity contribution in [1.82, 2.24) is 4.90 Å². The SMILES string of the molecule is CC(C)N(CCCF)CCC(N)=S. The molecule has 0 aliphatic rings. The van der Waals surface area contributed by atoms with Gasteiger partial charge in [0.05, 0.1) is 11.7 Å². The number of hydrogen-bond acceptors (Lipinski definition) is 2. The van der Waals surface area contributed by atoms with Crippen LogP contribution in [-0.4, -0.2) is 35.7 Å². The molecule has 0 aliphatic carbocycles. The van der Waals surface area contributed by atoms with Crippen molar-refractivity contribution >= 4 is 17.2 Å². The number of halogens is 1. The van der Waals surface area contributed by atoms with E-state index in [0.29, 0.717) is 17.5 Å². The lowest BCUT2D eigenvalue weighted by Gasteiger charge is -2.25. The van der Waals surface area contributed by atoms with Crippen LogP contribution in [0.5, 0.6) is 0 Å². The fraction of sp³-hybridized carbons (Fsp3) is 0.889. The van der Waals surface area contributed by atoms with E-state index in [2.05, 4.69) is 18.7 Å². The minimum Gasteiger partial charge on any atom is -0.393 e. The number of rotatable bonds is 7. The first-order chi connectivity index (χ1) is 6.07. The van der Waals surface area contributed by atoms with Crippen LogP contribution in [0.4, 0.5) is 4.39 Å². The van der Waals surface area contributed by atoms with Crippen LogP contribution in [0.25, 0.3) is 0 Å². The van der Waals surface area contributed by atoms with E-state index in [1.165, 1.54) is 0 Å². The minimum atomic E-state index is -0.254. The lowest BCUT2D eigenvalue weighted by atomic mass is 10.2. The van der Waals surface area contributed by atoms with Crippen molar-refractivity contribution in [2.24, 2.45) is 5.73 Å².